The fourth-order valence-electron chi connectivity index (χ4n) is 2.99. The fraction of sp³-hybridized carbons (Fsp3) is 0.174. The molecule has 0 aliphatic heterocycles. The summed E-state index contributed by atoms with van der Waals surface area (Å²) in [5.74, 6) is 5.52. The van der Waals surface area contributed by atoms with E-state index in [1.807, 2.05) is 26.0 Å². The monoisotopic (exact) mass is 434 g/mol. The first-order chi connectivity index (χ1) is 15.2. The largest absolute Gasteiger partial charge is 0.496 e. The van der Waals surface area contributed by atoms with Crippen LogP contribution in [-0.4, -0.2) is 32.8 Å². The molecule has 32 heavy (non-hydrogen) atoms. The smallest absolute Gasteiger partial charge is 0.202 e. The Morgan fingerprint density at radius 1 is 1.16 bits per heavy atom. The number of methoxy groups -OCH3 is 1. The summed E-state index contributed by atoms with van der Waals surface area (Å²) in [5.41, 5.74) is 8.27. The van der Waals surface area contributed by atoms with Crippen molar-refractivity contribution in [3.05, 3.63) is 59.8 Å². The zero-order valence-electron chi connectivity index (χ0n) is 17.6. The van der Waals surface area contributed by atoms with E-state index in [-0.39, 0.29) is 11.5 Å². The number of nitrogens with one attached hydrogen (secondary N) is 2. The molecule has 4 aromatic rings. The first kappa shape index (κ1) is 21.2. The topological polar surface area (TPSA) is 102 Å². The lowest BCUT2D eigenvalue weighted by Crippen LogP contribution is -2.29. The van der Waals surface area contributed by atoms with E-state index < -0.39 is 17.2 Å². The molecule has 9 heteroatoms. The van der Waals surface area contributed by atoms with Gasteiger partial charge in [0.1, 0.15) is 22.9 Å². The molecule has 0 saturated carbocycles. The van der Waals surface area contributed by atoms with Crippen molar-refractivity contribution in [2.75, 3.05) is 12.4 Å². The zero-order valence-corrected chi connectivity index (χ0v) is 17.6. The van der Waals surface area contributed by atoms with Crippen LogP contribution in [0.4, 0.5) is 20.3 Å². The molecule has 0 unspecified atom stereocenters. The third kappa shape index (κ3) is 4.50. The first-order valence-electron chi connectivity index (χ1n) is 9.67. The van der Waals surface area contributed by atoms with E-state index in [0.717, 1.165) is 17.7 Å². The highest BCUT2D eigenvalue weighted by Gasteiger charge is 2.16. The number of ether oxygens (including phenoxy) is 1. The summed E-state index contributed by atoms with van der Waals surface area (Å²) < 4.78 is 32.5. The number of hydrogen-bond acceptors (Lipinski definition) is 6. The van der Waals surface area contributed by atoms with Gasteiger partial charge in [-0.3, -0.25) is 5.10 Å². The summed E-state index contributed by atoms with van der Waals surface area (Å²) in [5, 5.41) is 9.93. The van der Waals surface area contributed by atoms with Gasteiger partial charge in [-0.25, -0.2) is 18.7 Å². The predicted octanol–water partition coefficient (Wildman–Crippen LogP) is 4.14. The van der Waals surface area contributed by atoms with Crippen LogP contribution >= 0.6 is 0 Å². The number of fused-ring (bicyclic) bond motifs is 1. The lowest BCUT2D eigenvalue weighted by atomic mass is 10.0. The van der Waals surface area contributed by atoms with Crippen molar-refractivity contribution in [3.63, 3.8) is 0 Å². The standard InChI is InChI=1S/C23H20F2N6O/c1-23(2,26)9-8-13-4-7-18(32-3)15(10-13)20-21-22(31-30-20)29-19(12-27-21)28-17-6-5-14(24)11-16(17)25/h4-7,10-12H,26H2,1-3H3,(H2,28,29,30,31). The summed E-state index contributed by atoms with van der Waals surface area (Å²) in [4.78, 5) is 8.79. The number of nitrogens with two attached hydrogens (primary N) is 1. The van der Waals surface area contributed by atoms with Gasteiger partial charge in [0, 0.05) is 17.2 Å². The van der Waals surface area contributed by atoms with Gasteiger partial charge in [-0.1, -0.05) is 11.8 Å². The molecule has 162 valence electrons. The Kier molecular flexibility index (Phi) is 5.47. The van der Waals surface area contributed by atoms with E-state index in [1.54, 1.807) is 13.2 Å². The molecule has 7 nitrogen and oxygen atoms in total. The van der Waals surface area contributed by atoms with E-state index >= 15 is 0 Å². The third-order valence-corrected chi connectivity index (χ3v) is 4.46. The second-order valence-corrected chi connectivity index (χ2v) is 7.66. The second-order valence-electron chi connectivity index (χ2n) is 7.66. The number of aromatic nitrogens is 4. The number of aromatic amines is 1. The van der Waals surface area contributed by atoms with Gasteiger partial charge >= 0.3 is 0 Å². The number of anilines is 2. The van der Waals surface area contributed by atoms with Crippen LogP contribution in [-0.2, 0) is 0 Å². The van der Waals surface area contributed by atoms with Gasteiger partial charge in [0.25, 0.3) is 0 Å². The Morgan fingerprint density at radius 2 is 1.97 bits per heavy atom. The zero-order chi connectivity index (χ0) is 22.9. The minimum absolute atomic E-state index is 0.0755. The lowest BCUT2D eigenvalue weighted by molar-refractivity contribution is 0.416. The average molecular weight is 434 g/mol. The number of rotatable bonds is 4. The Labute approximate surface area is 183 Å². The molecule has 0 spiro atoms. The van der Waals surface area contributed by atoms with Crippen LogP contribution in [0.5, 0.6) is 5.75 Å². The van der Waals surface area contributed by atoms with Crippen LogP contribution in [0.15, 0.2) is 42.6 Å². The van der Waals surface area contributed by atoms with E-state index in [2.05, 4.69) is 37.3 Å². The highest BCUT2D eigenvalue weighted by molar-refractivity contribution is 5.90. The highest BCUT2D eigenvalue weighted by Crippen LogP contribution is 2.33. The van der Waals surface area contributed by atoms with Gasteiger partial charge in [0.05, 0.1) is 30.2 Å². The summed E-state index contributed by atoms with van der Waals surface area (Å²) >= 11 is 0. The first-order valence-corrected chi connectivity index (χ1v) is 9.67. The average Bonchev–Trinajstić information content (AvgIpc) is 3.16. The molecule has 0 atom stereocenters. The van der Waals surface area contributed by atoms with Crippen LogP contribution in [0.3, 0.4) is 0 Å². The molecule has 0 aliphatic carbocycles. The van der Waals surface area contributed by atoms with Gasteiger partial charge < -0.3 is 15.8 Å². The fourth-order valence-corrected chi connectivity index (χ4v) is 2.99. The van der Waals surface area contributed by atoms with E-state index in [9.17, 15) is 8.78 Å². The molecule has 4 rings (SSSR count). The van der Waals surface area contributed by atoms with E-state index in [0.29, 0.717) is 28.2 Å². The molecule has 0 fully saturated rings. The summed E-state index contributed by atoms with van der Waals surface area (Å²) in [6.45, 7) is 3.65. The van der Waals surface area contributed by atoms with Gasteiger partial charge in [-0.2, -0.15) is 5.10 Å². The van der Waals surface area contributed by atoms with Crippen LogP contribution in [0.25, 0.3) is 22.4 Å². The minimum Gasteiger partial charge on any atom is -0.496 e. The van der Waals surface area contributed by atoms with Crippen molar-refractivity contribution >= 4 is 22.7 Å². The van der Waals surface area contributed by atoms with E-state index in [4.69, 9.17) is 10.5 Å². The van der Waals surface area contributed by atoms with Crippen LogP contribution in [0.2, 0.25) is 0 Å². The Hall–Kier alpha value is -4.03. The lowest BCUT2D eigenvalue weighted by Gasteiger charge is -2.09. The van der Waals surface area contributed by atoms with Gasteiger partial charge in [0.2, 0.25) is 5.65 Å². The Bertz CT molecular complexity index is 1360. The quantitative estimate of drug-likeness (QED) is 0.417. The molecule has 2 aromatic carbocycles. The molecule has 0 saturated heterocycles. The van der Waals surface area contributed by atoms with Gasteiger partial charge in [0.15, 0.2) is 5.82 Å². The maximum absolute atomic E-state index is 13.9. The Morgan fingerprint density at radius 3 is 2.69 bits per heavy atom. The van der Waals surface area contributed by atoms with Crippen LogP contribution in [0, 0.1) is 23.5 Å². The number of halogens is 2. The molecule has 4 N–H and O–H groups in total. The normalized spacial score (nSPS) is 11.2. The van der Waals surface area contributed by atoms with Crippen LogP contribution in [0.1, 0.15) is 19.4 Å². The number of hydrogen-bond donors (Lipinski definition) is 3. The molecular formula is C23H20F2N6O. The summed E-state index contributed by atoms with van der Waals surface area (Å²) in [6.07, 6.45) is 1.44. The number of H-pyrrole nitrogens is 1. The molecule has 0 amide bonds. The van der Waals surface area contributed by atoms with Crippen molar-refractivity contribution < 1.29 is 13.5 Å². The van der Waals surface area contributed by atoms with Gasteiger partial charge in [-0.05, 0) is 44.2 Å². The van der Waals surface area contributed by atoms with Crippen LogP contribution < -0.4 is 15.8 Å². The van der Waals surface area contributed by atoms with Gasteiger partial charge in [-0.15, -0.1) is 0 Å². The molecular weight excluding hydrogens is 414 g/mol. The second kappa shape index (κ2) is 8.24. The van der Waals surface area contributed by atoms with Crippen molar-refractivity contribution in [3.8, 4) is 28.8 Å². The predicted molar refractivity (Wildman–Crippen MR) is 118 cm³/mol. The number of benzene rings is 2. The minimum atomic E-state index is -0.738. The van der Waals surface area contributed by atoms with Crippen molar-refractivity contribution in [2.24, 2.45) is 5.73 Å². The summed E-state index contributed by atoms with van der Waals surface area (Å²) in [6, 6.07) is 8.71. The van der Waals surface area contributed by atoms with Crippen molar-refractivity contribution in [1.29, 1.82) is 0 Å². The van der Waals surface area contributed by atoms with E-state index in [1.165, 1.54) is 12.3 Å². The number of nitrogens with zero attached hydrogens (tertiary/aromatic N) is 3. The third-order valence-electron chi connectivity index (χ3n) is 4.46. The molecule has 2 aromatic heterocycles. The molecule has 0 bridgehead atoms. The Balaban J connectivity index is 1.72. The van der Waals surface area contributed by atoms with Crippen molar-refractivity contribution in [1.82, 2.24) is 20.2 Å². The maximum atomic E-state index is 13.9. The highest BCUT2D eigenvalue weighted by atomic mass is 19.1. The SMILES string of the molecule is COc1ccc(C#CC(C)(C)N)cc1-c1[nH]nc2nc(Nc3ccc(F)cc3F)cnc12. The maximum Gasteiger partial charge on any atom is 0.202 e. The molecule has 0 aliphatic rings. The summed E-state index contributed by atoms with van der Waals surface area (Å²) in [7, 11) is 1.57. The molecule has 2 heterocycles. The van der Waals surface area contributed by atoms with Crippen molar-refractivity contribution in [2.45, 2.75) is 19.4 Å². The molecule has 0 radical (unpaired) electrons.